The molecule has 2 heterocycles. The van der Waals surface area contributed by atoms with Crippen LogP contribution in [0.5, 0.6) is 0 Å². The first-order chi connectivity index (χ1) is 13.5. The Morgan fingerprint density at radius 2 is 2.00 bits per heavy atom. The summed E-state index contributed by atoms with van der Waals surface area (Å²) in [6.45, 7) is 3.19. The molecule has 0 bridgehead atoms. The first-order valence-corrected chi connectivity index (χ1v) is 10.2. The molecule has 0 aromatic carbocycles. The molecule has 6 nitrogen and oxygen atoms in total. The van der Waals surface area contributed by atoms with E-state index in [2.05, 4.69) is 20.4 Å². The molecule has 0 saturated heterocycles. The van der Waals surface area contributed by atoms with Gasteiger partial charge in [0, 0.05) is 50.1 Å². The lowest BCUT2D eigenvalue weighted by Gasteiger charge is -2.29. The fourth-order valence-corrected chi connectivity index (χ4v) is 3.55. The minimum Gasteiger partial charge on any atom is -0.381 e. The highest BCUT2D eigenvalue weighted by atomic mass is 19.3. The van der Waals surface area contributed by atoms with Crippen molar-refractivity contribution in [3.8, 4) is 5.95 Å². The maximum atomic E-state index is 13.4. The Labute approximate surface area is 163 Å². The molecule has 0 radical (unpaired) electrons. The summed E-state index contributed by atoms with van der Waals surface area (Å²) in [6, 6.07) is 3.91. The van der Waals surface area contributed by atoms with Gasteiger partial charge in [0.25, 0.3) is 5.95 Å². The number of rotatable bonds is 8. The van der Waals surface area contributed by atoms with E-state index in [1.54, 1.807) is 4.68 Å². The molecule has 0 aliphatic heterocycles. The summed E-state index contributed by atoms with van der Waals surface area (Å²) in [5.41, 5.74) is 1.93. The Hall–Kier alpha value is -2.09. The van der Waals surface area contributed by atoms with Crippen LogP contribution in [0.1, 0.15) is 62.8 Å². The summed E-state index contributed by atoms with van der Waals surface area (Å²) in [7, 11) is 0. The Morgan fingerprint density at radius 1 is 1.21 bits per heavy atom. The van der Waals surface area contributed by atoms with E-state index < -0.39 is 5.92 Å². The van der Waals surface area contributed by atoms with Gasteiger partial charge in [0.05, 0.1) is 18.0 Å². The number of hydrogen-bond donors (Lipinski definition) is 1. The van der Waals surface area contributed by atoms with Gasteiger partial charge in [-0.1, -0.05) is 0 Å². The zero-order valence-corrected chi connectivity index (χ0v) is 16.2. The summed E-state index contributed by atoms with van der Waals surface area (Å²) >= 11 is 0. The first-order valence-electron chi connectivity index (χ1n) is 10.2. The van der Waals surface area contributed by atoms with Crippen molar-refractivity contribution in [2.24, 2.45) is 0 Å². The number of ether oxygens (including phenoxy) is 1. The predicted octanol–water partition coefficient (Wildman–Crippen LogP) is 4.11. The molecule has 2 aromatic rings. The van der Waals surface area contributed by atoms with Crippen molar-refractivity contribution in [3.05, 3.63) is 29.7 Å². The van der Waals surface area contributed by atoms with Gasteiger partial charge < -0.3 is 10.1 Å². The minimum atomic E-state index is -2.54. The molecule has 4 rings (SSSR count). The number of anilines is 1. The van der Waals surface area contributed by atoms with Crippen LogP contribution < -0.4 is 5.32 Å². The summed E-state index contributed by atoms with van der Waals surface area (Å²) in [6.07, 6.45) is 5.64. The van der Waals surface area contributed by atoms with Crippen LogP contribution in [0.15, 0.2) is 18.3 Å². The number of alkyl halides is 2. The molecule has 2 fully saturated rings. The second-order valence-corrected chi connectivity index (χ2v) is 7.73. The molecule has 2 aliphatic carbocycles. The van der Waals surface area contributed by atoms with Crippen molar-refractivity contribution < 1.29 is 13.5 Å². The highest BCUT2D eigenvalue weighted by Crippen LogP contribution is 2.39. The van der Waals surface area contributed by atoms with Crippen LogP contribution in [0.25, 0.3) is 5.95 Å². The van der Waals surface area contributed by atoms with Gasteiger partial charge >= 0.3 is 0 Å². The molecule has 0 unspecified atom stereocenters. The van der Waals surface area contributed by atoms with Crippen LogP contribution in [0, 0.1) is 0 Å². The van der Waals surface area contributed by atoms with Crippen LogP contribution >= 0.6 is 0 Å². The van der Waals surface area contributed by atoms with Gasteiger partial charge in [-0.3, -0.25) is 0 Å². The third kappa shape index (κ3) is 4.84. The summed E-state index contributed by atoms with van der Waals surface area (Å²) in [5, 5.41) is 7.96. The third-order valence-corrected chi connectivity index (χ3v) is 5.35. The second kappa shape index (κ2) is 8.11. The lowest BCUT2D eigenvalue weighted by atomic mass is 9.92. The van der Waals surface area contributed by atoms with Crippen LogP contribution in [0.4, 0.5) is 14.6 Å². The van der Waals surface area contributed by atoms with Gasteiger partial charge in [-0.25, -0.2) is 18.4 Å². The number of aromatic nitrogens is 4. The van der Waals surface area contributed by atoms with E-state index in [4.69, 9.17) is 4.74 Å². The average molecular weight is 391 g/mol. The van der Waals surface area contributed by atoms with Crippen LogP contribution in [0.2, 0.25) is 0 Å². The molecule has 152 valence electrons. The quantitative estimate of drug-likeness (QED) is 0.686. The Morgan fingerprint density at radius 3 is 2.71 bits per heavy atom. The van der Waals surface area contributed by atoms with Crippen LogP contribution in [-0.4, -0.2) is 44.9 Å². The SMILES string of the molecule is CCOCCc1cc(NC2CCC(F)(F)CC2)nc(-n2ccc(C3CC3)n2)n1. The molecule has 2 saturated carbocycles. The molecular weight excluding hydrogens is 364 g/mol. The van der Waals surface area contributed by atoms with E-state index in [1.807, 2.05) is 25.3 Å². The molecule has 0 spiro atoms. The lowest BCUT2D eigenvalue weighted by molar-refractivity contribution is -0.0361. The highest BCUT2D eigenvalue weighted by Gasteiger charge is 2.35. The van der Waals surface area contributed by atoms with Crippen LogP contribution in [0.3, 0.4) is 0 Å². The zero-order valence-electron chi connectivity index (χ0n) is 16.2. The van der Waals surface area contributed by atoms with Crippen molar-refractivity contribution in [3.63, 3.8) is 0 Å². The van der Waals surface area contributed by atoms with Gasteiger partial charge in [-0.2, -0.15) is 10.1 Å². The molecule has 0 atom stereocenters. The standard InChI is InChI=1S/C20H27F2N5O/c1-2-28-12-8-16-13-18(23-15-5-9-20(21,22)10-6-15)25-19(24-16)27-11-7-17(26-27)14-3-4-14/h7,11,13-15H,2-6,8-10,12H2,1H3,(H,23,24,25). The van der Waals surface area contributed by atoms with Gasteiger partial charge in [0.2, 0.25) is 5.92 Å². The van der Waals surface area contributed by atoms with E-state index in [9.17, 15) is 8.78 Å². The number of nitrogens with one attached hydrogen (secondary N) is 1. The van der Waals surface area contributed by atoms with E-state index >= 15 is 0 Å². The fraction of sp³-hybridized carbons (Fsp3) is 0.650. The van der Waals surface area contributed by atoms with Crippen LogP contribution in [-0.2, 0) is 11.2 Å². The minimum absolute atomic E-state index is 0.00163. The molecule has 0 amide bonds. The van der Waals surface area contributed by atoms with Crippen molar-refractivity contribution in [1.82, 2.24) is 19.7 Å². The van der Waals surface area contributed by atoms with Gasteiger partial charge in [0.15, 0.2) is 0 Å². The fourth-order valence-electron chi connectivity index (χ4n) is 3.55. The largest absolute Gasteiger partial charge is 0.381 e. The average Bonchev–Trinajstić information content (AvgIpc) is 3.40. The smallest absolute Gasteiger partial charge is 0.252 e. The third-order valence-electron chi connectivity index (χ3n) is 5.35. The molecule has 2 aromatic heterocycles. The Balaban J connectivity index is 1.52. The number of nitrogens with zero attached hydrogens (tertiary/aromatic N) is 4. The van der Waals surface area contributed by atoms with Gasteiger partial charge in [-0.15, -0.1) is 0 Å². The van der Waals surface area contributed by atoms with E-state index in [-0.39, 0.29) is 18.9 Å². The zero-order chi connectivity index (χ0) is 19.6. The molecular formula is C20H27F2N5O. The van der Waals surface area contributed by atoms with Crippen molar-refractivity contribution >= 4 is 5.82 Å². The monoisotopic (exact) mass is 391 g/mol. The Kier molecular flexibility index (Phi) is 5.57. The van der Waals surface area contributed by atoms with Gasteiger partial charge in [0.1, 0.15) is 5.82 Å². The lowest BCUT2D eigenvalue weighted by Crippen LogP contribution is -2.32. The highest BCUT2D eigenvalue weighted by molar-refractivity contribution is 5.40. The van der Waals surface area contributed by atoms with Crippen molar-refractivity contribution in [2.45, 2.75) is 69.8 Å². The van der Waals surface area contributed by atoms with E-state index in [1.165, 1.54) is 12.8 Å². The summed E-state index contributed by atoms with van der Waals surface area (Å²) < 4.78 is 34.0. The molecule has 1 N–H and O–H groups in total. The first kappa shape index (κ1) is 19.2. The van der Waals surface area contributed by atoms with Crippen molar-refractivity contribution in [2.75, 3.05) is 18.5 Å². The number of hydrogen-bond acceptors (Lipinski definition) is 5. The van der Waals surface area contributed by atoms with E-state index in [0.717, 1.165) is 11.4 Å². The second-order valence-electron chi connectivity index (χ2n) is 7.73. The normalized spacial score (nSPS) is 19.7. The maximum Gasteiger partial charge on any atom is 0.252 e. The predicted molar refractivity (Wildman–Crippen MR) is 102 cm³/mol. The topological polar surface area (TPSA) is 64.9 Å². The summed E-state index contributed by atoms with van der Waals surface area (Å²) in [4.78, 5) is 9.24. The summed E-state index contributed by atoms with van der Waals surface area (Å²) in [5.74, 6) is -0.810. The molecule has 2 aliphatic rings. The van der Waals surface area contributed by atoms with E-state index in [0.29, 0.717) is 50.2 Å². The van der Waals surface area contributed by atoms with Crippen molar-refractivity contribution in [1.29, 1.82) is 0 Å². The maximum absolute atomic E-state index is 13.4. The van der Waals surface area contributed by atoms with Gasteiger partial charge in [-0.05, 0) is 38.7 Å². The molecule has 8 heteroatoms. The number of halogens is 2. The Bertz CT molecular complexity index is 796. The molecule has 28 heavy (non-hydrogen) atoms.